The number of hydrazine groups is 1. The van der Waals surface area contributed by atoms with Gasteiger partial charge < -0.3 is 15.5 Å². The lowest BCUT2D eigenvalue weighted by Gasteiger charge is -2.21. The van der Waals surface area contributed by atoms with Crippen LogP contribution in [0, 0.1) is 6.92 Å². The number of carbonyl (C=O) groups is 1. The third kappa shape index (κ3) is 2.31. The summed E-state index contributed by atoms with van der Waals surface area (Å²) in [6, 6.07) is 5.73. The van der Waals surface area contributed by atoms with Gasteiger partial charge in [-0.05, 0) is 38.3 Å². The van der Waals surface area contributed by atoms with E-state index in [1.54, 1.807) is 0 Å². The Morgan fingerprint density at radius 2 is 2.26 bits per heavy atom. The first-order chi connectivity index (χ1) is 9.17. The van der Waals surface area contributed by atoms with Crippen molar-refractivity contribution in [2.24, 2.45) is 5.84 Å². The molecule has 2 saturated heterocycles. The van der Waals surface area contributed by atoms with Crippen molar-refractivity contribution in [3.05, 3.63) is 29.3 Å². The average Bonchev–Trinajstić information content (AvgIpc) is 3.01. The zero-order chi connectivity index (χ0) is 13.4. The number of rotatable bonds is 3. The van der Waals surface area contributed by atoms with E-state index in [0.717, 1.165) is 24.8 Å². The molecule has 2 aliphatic heterocycles. The summed E-state index contributed by atoms with van der Waals surface area (Å²) in [5.74, 6) is 5.37. The molecule has 3 atom stereocenters. The summed E-state index contributed by atoms with van der Waals surface area (Å²) in [6.07, 6.45) is 3.61. The van der Waals surface area contributed by atoms with Gasteiger partial charge in [0.15, 0.2) is 0 Å². The molecular weight excluding hydrogens is 242 g/mol. The second kappa shape index (κ2) is 4.83. The number of anilines is 1. The zero-order valence-corrected chi connectivity index (χ0v) is 11.0. The monoisotopic (exact) mass is 261 g/mol. The summed E-state index contributed by atoms with van der Waals surface area (Å²) in [6.45, 7) is 1.96. The van der Waals surface area contributed by atoms with Gasteiger partial charge in [-0.3, -0.25) is 10.6 Å². The molecule has 1 aromatic rings. The number of benzene rings is 1. The molecule has 3 unspecified atom stereocenters. The van der Waals surface area contributed by atoms with Crippen LogP contribution in [0.1, 0.15) is 35.2 Å². The van der Waals surface area contributed by atoms with Crippen LogP contribution in [0.2, 0.25) is 0 Å². The largest absolute Gasteiger partial charge is 0.373 e. The van der Waals surface area contributed by atoms with E-state index < -0.39 is 0 Å². The smallest absolute Gasteiger partial charge is 0.253 e. The maximum Gasteiger partial charge on any atom is 0.253 e. The summed E-state index contributed by atoms with van der Waals surface area (Å²) in [4.78, 5) is 12.3. The maximum atomic E-state index is 12.3. The summed E-state index contributed by atoms with van der Waals surface area (Å²) in [5, 5.41) is 3.07. The van der Waals surface area contributed by atoms with Crippen LogP contribution < -0.4 is 16.6 Å². The molecule has 5 heteroatoms. The van der Waals surface area contributed by atoms with Crippen LogP contribution in [0.3, 0.4) is 0 Å². The van der Waals surface area contributed by atoms with Gasteiger partial charge in [-0.1, -0.05) is 11.6 Å². The molecule has 1 aromatic carbocycles. The number of carbonyl (C=O) groups excluding carboxylic acids is 1. The van der Waals surface area contributed by atoms with Gasteiger partial charge in [0.05, 0.1) is 29.5 Å². The highest BCUT2D eigenvalue weighted by atomic mass is 16.5. The molecule has 4 N–H and O–H groups in total. The van der Waals surface area contributed by atoms with Crippen molar-refractivity contribution in [3.63, 3.8) is 0 Å². The van der Waals surface area contributed by atoms with E-state index in [4.69, 9.17) is 10.6 Å². The highest BCUT2D eigenvalue weighted by molar-refractivity contribution is 6.00. The van der Waals surface area contributed by atoms with E-state index in [1.165, 1.54) is 0 Å². The standard InChI is InChI=1S/C14H19N3O2/c1-8-2-4-11(17-15)10(6-8)14(18)16-12-7-9-3-5-13(12)19-9/h2,4,6,9,12-13,17H,3,5,7,15H2,1H3,(H,16,18). The predicted molar refractivity (Wildman–Crippen MR) is 72.8 cm³/mol. The minimum absolute atomic E-state index is 0.0854. The lowest BCUT2D eigenvalue weighted by molar-refractivity contribution is 0.0841. The normalized spacial score (nSPS) is 28.4. The van der Waals surface area contributed by atoms with Crippen LogP contribution in [0.25, 0.3) is 0 Å². The number of nitrogens with one attached hydrogen (secondary N) is 2. The van der Waals surface area contributed by atoms with Gasteiger partial charge in [-0.15, -0.1) is 0 Å². The van der Waals surface area contributed by atoms with E-state index in [2.05, 4.69) is 10.7 Å². The molecule has 19 heavy (non-hydrogen) atoms. The highest BCUT2D eigenvalue weighted by Crippen LogP contribution is 2.34. The summed E-state index contributed by atoms with van der Waals surface area (Å²) >= 11 is 0. The molecule has 2 bridgehead atoms. The van der Waals surface area contributed by atoms with Gasteiger partial charge in [0.1, 0.15) is 0 Å². The Kier molecular flexibility index (Phi) is 3.16. The molecule has 0 saturated carbocycles. The molecule has 102 valence electrons. The summed E-state index contributed by atoms with van der Waals surface area (Å²) < 4.78 is 5.75. The van der Waals surface area contributed by atoms with Crippen molar-refractivity contribution in [2.75, 3.05) is 5.43 Å². The lowest BCUT2D eigenvalue weighted by Crippen LogP contribution is -2.41. The molecule has 0 aliphatic carbocycles. The van der Waals surface area contributed by atoms with Crippen LogP contribution in [0.5, 0.6) is 0 Å². The number of ether oxygens (including phenoxy) is 1. The second-order valence-corrected chi connectivity index (χ2v) is 5.38. The van der Waals surface area contributed by atoms with E-state index in [9.17, 15) is 4.79 Å². The molecule has 2 aliphatic rings. The third-order valence-electron chi connectivity index (χ3n) is 4.00. The SMILES string of the molecule is Cc1ccc(NN)c(C(=O)NC2CC3CCC2O3)c1. The van der Waals surface area contributed by atoms with Gasteiger partial charge >= 0.3 is 0 Å². The molecule has 1 amide bonds. The Balaban J connectivity index is 1.75. The number of nitrogens with two attached hydrogens (primary N) is 1. The zero-order valence-electron chi connectivity index (χ0n) is 11.0. The molecular formula is C14H19N3O2. The molecule has 0 spiro atoms. The van der Waals surface area contributed by atoms with Gasteiger partial charge in [-0.25, -0.2) is 0 Å². The van der Waals surface area contributed by atoms with E-state index in [-0.39, 0.29) is 18.1 Å². The Hall–Kier alpha value is -1.59. The predicted octanol–water partition coefficient (Wildman–Crippen LogP) is 1.33. The topological polar surface area (TPSA) is 76.4 Å². The summed E-state index contributed by atoms with van der Waals surface area (Å²) in [7, 11) is 0. The number of fused-ring (bicyclic) bond motifs is 2. The molecule has 3 rings (SSSR count). The van der Waals surface area contributed by atoms with Gasteiger partial charge in [-0.2, -0.15) is 0 Å². The van der Waals surface area contributed by atoms with Crippen LogP contribution in [-0.4, -0.2) is 24.2 Å². The lowest BCUT2D eigenvalue weighted by atomic mass is 9.95. The number of aryl methyl sites for hydroxylation is 1. The van der Waals surface area contributed by atoms with Crippen molar-refractivity contribution in [1.82, 2.24) is 5.32 Å². The van der Waals surface area contributed by atoms with Gasteiger partial charge in [0.2, 0.25) is 0 Å². The van der Waals surface area contributed by atoms with Gasteiger partial charge in [0.25, 0.3) is 5.91 Å². The number of nitrogen functional groups attached to an aromatic ring is 1. The van der Waals surface area contributed by atoms with Crippen molar-refractivity contribution < 1.29 is 9.53 Å². The Labute approximate surface area is 112 Å². The number of hydrogen-bond donors (Lipinski definition) is 3. The molecule has 5 nitrogen and oxygen atoms in total. The third-order valence-corrected chi connectivity index (χ3v) is 4.00. The van der Waals surface area contributed by atoms with Crippen LogP contribution >= 0.6 is 0 Å². The quantitative estimate of drug-likeness (QED) is 0.567. The number of hydrogen-bond acceptors (Lipinski definition) is 4. The van der Waals surface area contributed by atoms with E-state index in [1.807, 2.05) is 25.1 Å². The molecule has 0 aromatic heterocycles. The Morgan fingerprint density at radius 1 is 1.42 bits per heavy atom. The van der Waals surface area contributed by atoms with Crippen LogP contribution in [0.15, 0.2) is 18.2 Å². The van der Waals surface area contributed by atoms with Crippen molar-refractivity contribution in [3.8, 4) is 0 Å². The van der Waals surface area contributed by atoms with Crippen molar-refractivity contribution in [2.45, 2.75) is 44.4 Å². The minimum atomic E-state index is -0.0854. The van der Waals surface area contributed by atoms with Crippen molar-refractivity contribution in [1.29, 1.82) is 0 Å². The molecule has 2 fully saturated rings. The maximum absolute atomic E-state index is 12.3. The fraction of sp³-hybridized carbons (Fsp3) is 0.500. The Bertz CT molecular complexity index is 503. The fourth-order valence-electron chi connectivity index (χ4n) is 3.01. The summed E-state index contributed by atoms with van der Waals surface area (Å²) in [5.41, 5.74) is 4.84. The average molecular weight is 261 g/mol. The van der Waals surface area contributed by atoms with Crippen LogP contribution in [-0.2, 0) is 4.74 Å². The van der Waals surface area contributed by atoms with E-state index >= 15 is 0 Å². The fourth-order valence-corrected chi connectivity index (χ4v) is 3.01. The van der Waals surface area contributed by atoms with E-state index in [0.29, 0.717) is 17.4 Å². The van der Waals surface area contributed by atoms with Crippen LogP contribution in [0.4, 0.5) is 5.69 Å². The minimum Gasteiger partial charge on any atom is -0.373 e. The second-order valence-electron chi connectivity index (χ2n) is 5.38. The number of amides is 1. The molecule has 2 heterocycles. The first-order valence-corrected chi connectivity index (χ1v) is 6.71. The highest BCUT2D eigenvalue weighted by Gasteiger charge is 2.41. The first-order valence-electron chi connectivity index (χ1n) is 6.71. The first kappa shape index (κ1) is 12.4. The molecule has 0 radical (unpaired) electrons. The van der Waals surface area contributed by atoms with Gasteiger partial charge in [0, 0.05) is 0 Å². The Morgan fingerprint density at radius 3 is 2.89 bits per heavy atom. The van der Waals surface area contributed by atoms with Crippen molar-refractivity contribution >= 4 is 11.6 Å².